The summed E-state index contributed by atoms with van der Waals surface area (Å²) in [5, 5.41) is 11.0. The average molecular weight is 306 g/mol. The monoisotopic (exact) mass is 306 g/mol. The van der Waals surface area contributed by atoms with E-state index in [2.05, 4.69) is 25.3 Å². The Bertz CT molecular complexity index is 660. The molecule has 2 N–H and O–H groups in total. The molecule has 0 bridgehead atoms. The Kier molecular flexibility index (Phi) is 4.57. The molecule has 0 unspecified atom stereocenters. The molecule has 0 aromatic heterocycles. The normalized spacial score (nSPS) is 10.5. The Hall–Kier alpha value is -1.66. The number of aryl methyl sites for hydroxylation is 2. The molecule has 6 heteroatoms. The number of nitrogen functional groups attached to an aromatic ring is 1. The SMILES string of the molecule is Nc1cc(S)ccc1CCc1ccc(S)cc1[N+](=O)[O-]. The third-order valence-electron chi connectivity index (χ3n) is 3.06. The zero-order chi connectivity index (χ0) is 14.7. The summed E-state index contributed by atoms with van der Waals surface area (Å²) in [6, 6.07) is 10.5. The molecule has 0 amide bonds. The Morgan fingerprint density at radius 2 is 1.55 bits per heavy atom. The summed E-state index contributed by atoms with van der Waals surface area (Å²) in [5.74, 6) is 0. The minimum Gasteiger partial charge on any atom is -0.398 e. The molecule has 2 aromatic rings. The maximum absolute atomic E-state index is 11.0. The van der Waals surface area contributed by atoms with Crippen LogP contribution < -0.4 is 5.73 Å². The van der Waals surface area contributed by atoms with Gasteiger partial charge in [-0.3, -0.25) is 10.1 Å². The predicted molar refractivity (Wildman–Crippen MR) is 85.9 cm³/mol. The maximum Gasteiger partial charge on any atom is 0.273 e. The lowest BCUT2D eigenvalue weighted by Gasteiger charge is -2.07. The largest absolute Gasteiger partial charge is 0.398 e. The van der Waals surface area contributed by atoms with Gasteiger partial charge in [0.05, 0.1) is 4.92 Å². The first-order valence-corrected chi connectivity index (χ1v) is 6.90. The fourth-order valence-corrected chi connectivity index (χ4v) is 2.42. The van der Waals surface area contributed by atoms with E-state index in [-0.39, 0.29) is 10.6 Å². The second-order valence-electron chi connectivity index (χ2n) is 4.45. The Labute approximate surface area is 128 Å². The first kappa shape index (κ1) is 14.7. The molecule has 0 aliphatic heterocycles. The zero-order valence-electron chi connectivity index (χ0n) is 10.6. The molecular formula is C14H14N2O2S2. The highest BCUT2D eigenvalue weighted by Gasteiger charge is 2.14. The smallest absolute Gasteiger partial charge is 0.273 e. The van der Waals surface area contributed by atoms with Crippen molar-refractivity contribution >= 4 is 36.6 Å². The molecule has 0 saturated heterocycles. The number of rotatable bonds is 4. The zero-order valence-corrected chi connectivity index (χ0v) is 12.4. The van der Waals surface area contributed by atoms with Crippen molar-refractivity contribution in [2.45, 2.75) is 22.6 Å². The quantitative estimate of drug-likeness (QED) is 0.350. The van der Waals surface area contributed by atoms with Crippen molar-refractivity contribution in [1.82, 2.24) is 0 Å². The average Bonchev–Trinajstić information content (AvgIpc) is 2.38. The van der Waals surface area contributed by atoms with Gasteiger partial charge >= 0.3 is 0 Å². The molecule has 0 heterocycles. The standard InChI is InChI=1S/C14H14N2O2S2/c15-13-7-11(19)5-3-9(13)1-2-10-4-6-12(20)8-14(10)16(17)18/h3-8,19-20H,1-2,15H2. The van der Waals surface area contributed by atoms with Gasteiger partial charge < -0.3 is 5.73 Å². The van der Waals surface area contributed by atoms with E-state index in [1.54, 1.807) is 18.2 Å². The van der Waals surface area contributed by atoms with E-state index < -0.39 is 0 Å². The van der Waals surface area contributed by atoms with E-state index in [0.29, 0.717) is 29.0 Å². The minimum absolute atomic E-state index is 0.0990. The lowest BCUT2D eigenvalue weighted by atomic mass is 10.0. The van der Waals surface area contributed by atoms with E-state index in [4.69, 9.17) is 5.73 Å². The summed E-state index contributed by atoms with van der Waals surface area (Å²) >= 11 is 8.34. The van der Waals surface area contributed by atoms with E-state index >= 15 is 0 Å². The number of hydrogen-bond acceptors (Lipinski definition) is 5. The van der Waals surface area contributed by atoms with Crippen molar-refractivity contribution in [3.05, 3.63) is 57.6 Å². The van der Waals surface area contributed by atoms with Crippen LogP contribution >= 0.6 is 25.3 Å². The lowest BCUT2D eigenvalue weighted by Crippen LogP contribution is -2.00. The van der Waals surface area contributed by atoms with Crippen molar-refractivity contribution in [2.75, 3.05) is 5.73 Å². The molecule has 4 nitrogen and oxygen atoms in total. The molecule has 104 valence electrons. The summed E-state index contributed by atoms with van der Waals surface area (Å²) in [4.78, 5) is 12.0. The molecule has 0 saturated carbocycles. The van der Waals surface area contributed by atoms with Gasteiger partial charge in [-0.1, -0.05) is 12.1 Å². The van der Waals surface area contributed by atoms with E-state index in [0.717, 1.165) is 10.5 Å². The van der Waals surface area contributed by atoms with Crippen molar-refractivity contribution in [3.8, 4) is 0 Å². The molecule has 2 aromatic carbocycles. The second kappa shape index (κ2) is 6.19. The van der Waals surface area contributed by atoms with Gasteiger partial charge in [-0.25, -0.2) is 0 Å². The van der Waals surface area contributed by atoms with E-state index in [1.807, 2.05) is 12.1 Å². The number of nitrogens with zero attached hydrogens (tertiary/aromatic N) is 1. The molecule has 0 fully saturated rings. The lowest BCUT2D eigenvalue weighted by molar-refractivity contribution is -0.385. The number of benzene rings is 2. The van der Waals surface area contributed by atoms with Gasteiger partial charge in [-0.15, -0.1) is 25.3 Å². The molecule has 0 spiro atoms. The third-order valence-corrected chi connectivity index (χ3v) is 3.62. The molecule has 0 aliphatic carbocycles. The molecule has 0 atom stereocenters. The van der Waals surface area contributed by atoms with Crippen LogP contribution in [0.3, 0.4) is 0 Å². The second-order valence-corrected chi connectivity index (χ2v) is 5.49. The number of anilines is 1. The van der Waals surface area contributed by atoms with Crippen molar-refractivity contribution in [1.29, 1.82) is 0 Å². The highest BCUT2D eigenvalue weighted by molar-refractivity contribution is 7.80. The molecule has 20 heavy (non-hydrogen) atoms. The van der Waals surface area contributed by atoms with Crippen molar-refractivity contribution in [3.63, 3.8) is 0 Å². The van der Waals surface area contributed by atoms with Crippen LogP contribution in [-0.2, 0) is 12.8 Å². The molecular weight excluding hydrogens is 292 g/mol. The van der Waals surface area contributed by atoms with Crippen LogP contribution in [0.15, 0.2) is 46.2 Å². The highest BCUT2D eigenvalue weighted by atomic mass is 32.1. The Morgan fingerprint density at radius 3 is 2.15 bits per heavy atom. The van der Waals surface area contributed by atoms with Gasteiger partial charge in [0.2, 0.25) is 0 Å². The van der Waals surface area contributed by atoms with Gasteiger partial charge in [0.15, 0.2) is 0 Å². The van der Waals surface area contributed by atoms with Gasteiger partial charge in [-0.2, -0.15) is 0 Å². The van der Waals surface area contributed by atoms with Crippen LogP contribution in [0.2, 0.25) is 0 Å². The van der Waals surface area contributed by atoms with Crippen LogP contribution in [0.5, 0.6) is 0 Å². The van der Waals surface area contributed by atoms with Crippen molar-refractivity contribution in [2.24, 2.45) is 0 Å². The van der Waals surface area contributed by atoms with Crippen LogP contribution in [-0.4, -0.2) is 4.92 Å². The molecule has 0 aliphatic rings. The fourth-order valence-electron chi connectivity index (χ4n) is 2.01. The topological polar surface area (TPSA) is 69.2 Å². The number of nitrogens with two attached hydrogens (primary N) is 1. The predicted octanol–water partition coefficient (Wildman–Crippen LogP) is 3.54. The highest BCUT2D eigenvalue weighted by Crippen LogP contribution is 2.25. The number of nitro benzene ring substituents is 1. The number of nitro groups is 1. The number of thiol groups is 2. The Balaban J connectivity index is 2.20. The molecule has 2 rings (SSSR count). The summed E-state index contributed by atoms with van der Waals surface area (Å²) in [6.07, 6.45) is 1.20. The van der Waals surface area contributed by atoms with Gasteiger partial charge in [-0.05, 0) is 36.6 Å². The first-order valence-electron chi connectivity index (χ1n) is 6.01. The van der Waals surface area contributed by atoms with E-state index in [1.165, 1.54) is 6.07 Å². The van der Waals surface area contributed by atoms with Gasteiger partial charge in [0.25, 0.3) is 5.69 Å². The molecule has 0 radical (unpaired) electrons. The summed E-state index contributed by atoms with van der Waals surface area (Å²) in [5.41, 5.74) is 8.32. The minimum atomic E-state index is -0.380. The Morgan fingerprint density at radius 1 is 1.00 bits per heavy atom. The third kappa shape index (κ3) is 3.46. The van der Waals surface area contributed by atoms with Gasteiger partial charge in [0.1, 0.15) is 0 Å². The van der Waals surface area contributed by atoms with Gasteiger partial charge in [0, 0.05) is 27.1 Å². The fraction of sp³-hybridized carbons (Fsp3) is 0.143. The van der Waals surface area contributed by atoms with Crippen LogP contribution in [0, 0.1) is 10.1 Å². The summed E-state index contributed by atoms with van der Waals surface area (Å²) < 4.78 is 0. The van der Waals surface area contributed by atoms with Crippen LogP contribution in [0.1, 0.15) is 11.1 Å². The number of hydrogen-bond donors (Lipinski definition) is 3. The summed E-state index contributed by atoms with van der Waals surface area (Å²) in [6.45, 7) is 0. The van der Waals surface area contributed by atoms with E-state index in [9.17, 15) is 10.1 Å². The maximum atomic E-state index is 11.0. The first-order chi connectivity index (χ1) is 9.47. The van der Waals surface area contributed by atoms with Crippen LogP contribution in [0.25, 0.3) is 0 Å². The van der Waals surface area contributed by atoms with Crippen molar-refractivity contribution < 1.29 is 4.92 Å². The van der Waals surface area contributed by atoms with Crippen LogP contribution in [0.4, 0.5) is 11.4 Å². The summed E-state index contributed by atoms with van der Waals surface area (Å²) in [7, 11) is 0.